The third kappa shape index (κ3) is 3.48. The van der Waals surface area contributed by atoms with Crippen LogP contribution in [0.15, 0.2) is 0 Å². The fourth-order valence-electron chi connectivity index (χ4n) is 3.47. The van der Waals surface area contributed by atoms with Gasteiger partial charge in [-0.15, -0.1) is 0 Å². The number of aliphatic hydroxyl groups is 1. The van der Waals surface area contributed by atoms with Crippen molar-refractivity contribution < 1.29 is 14.6 Å². The van der Waals surface area contributed by atoms with Crippen LogP contribution >= 0.6 is 0 Å². The first-order valence-electron chi connectivity index (χ1n) is 7.61. The molecule has 4 nitrogen and oxygen atoms in total. The molecular formula is C15H29NO3. The predicted molar refractivity (Wildman–Crippen MR) is 75.0 cm³/mol. The summed E-state index contributed by atoms with van der Waals surface area (Å²) in [7, 11) is 2.12. The Morgan fingerprint density at radius 2 is 1.89 bits per heavy atom. The van der Waals surface area contributed by atoms with E-state index in [1.165, 1.54) is 0 Å². The van der Waals surface area contributed by atoms with Gasteiger partial charge < -0.3 is 14.6 Å². The van der Waals surface area contributed by atoms with E-state index in [9.17, 15) is 5.11 Å². The molecule has 0 amide bonds. The monoisotopic (exact) mass is 271 g/mol. The smallest absolute Gasteiger partial charge is 0.170 e. The maximum Gasteiger partial charge on any atom is 0.170 e. The van der Waals surface area contributed by atoms with E-state index < -0.39 is 5.79 Å². The minimum Gasteiger partial charge on any atom is -0.391 e. The first-order valence-corrected chi connectivity index (χ1v) is 7.61. The highest BCUT2D eigenvalue weighted by Crippen LogP contribution is 2.38. The highest BCUT2D eigenvalue weighted by Gasteiger charge is 2.46. The summed E-state index contributed by atoms with van der Waals surface area (Å²) in [6, 6.07) is 0.608. The number of aliphatic hydroxyl groups excluding tert-OH is 1. The predicted octanol–water partition coefficient (Wildman–Crippen LogP) is 2.01. The van der Waals surface area contributed by atoms with Gasteiger partial charge in [0.25, 0.3) is 0 Å². The molecular weight excluding hydrogens is 242 g/mol. The van der Waals surface area contributed by atoms with E-state index in [0.29, 0.717) is 25.2 Å². The number of hydrogen-bond acceptors (Lipinski definition) is 4. The molecule has 3 unspecified atom stereocenters. The van der Waals surface area contributed by atoms with Gasteiger partial charge in [0.2, 0.25) is 0 Å². The molecule has 0 aromatic carbocycles. The third-order valence-corrected chi connectivity index (χ3v) is 4.63. The van der Waals surface area contributed by atoms with Gasteiger partial charge in [0.05, 0.1) is 19.3 Å². The summed E-state index contributed by atoms with van der Waals surface area (Å²) in [5.74, 6) is 0.251. The van der Waals surface area contributed by atoms with Gasteiger partial charge in [-0.2, -0.15) is 0 Å². The molecule has 0 aromatic heterocycles. The van der Waals surface area contributed by atoms with Crippen LogP contribution in [-0.4, -0.2) is 54.2 Å². The summed E-state index contributed by atoms with van der Waals surface area (Å²) in [6.07, 6.45) is 3.25. The Morgan fingerprint density at radius 1 is 1.26 bits per heavy atom. The minimum absolute atomic E-state index is 0.139. The Balaban J connectivity index is 1.99. The van der Waals surface area contributed by atoms with Crippen LogP contribution in [-0.2, 0) is 9.47 Å². The zero-order valence-corrected chi connectivity index (χ0v) is 12.8. The highest BCUT2D eigenvalue weighted by molar-refractivity contribution is 4.93. The van der Waals surface area contributed by atoms with Crippen molar-refractivity contribution in [3.05, 3.63) is 0 Å². The molecule has 19 heavy (non-hydrogen) atoms. The van der Waals surface area contributed by atoms with Crippen molar-refractivity contribution in [3.8, 4) is 0 Å². The van der Waals surface area contributed by atoms with E-state index in [1.807, 2.05) is 0 Å². The molecule has 0 radical (unpaired) electrons. The summed E-state index contributed by atoms with van der Waals surface area (Å²) >= 11 is 0. The molecule has 1 aliphatic heterocycles. The lowest BCUT2D eigenvalue weighted by Gasteiger charge is -2.45. The van der Waals surface area contributed by atoms with Crippen molar-refractivity contribution in [1.82, 2.24) is 4.90 Å². The fraction of sp³-hybridized carbons (Fsp3) is 1.00. The summed E-state index contributed by atoms with van der Waals surface area (Å²) in [5.41, 5.74) is 0. The van der Waals surface area contributed by atoms with E-state index in [0.717, 1.165) is 25.7 Å². The van der Waals surface area contributed by atoms with Crippen LogP contribution in [0, 0.1) is 5.92 Å². The molecule has 112 valence electrons. The first kappa shape index (κ1) is 15.2. The van der Waals surface area contributed by atoms with Crippen molar-refractivity contribution in [2.75, 3.05) is 20.3 Å². The topological polar surface area (TPSA) is 41.9 Å². The molecule has 1 spiro atoms. The molecule has 0 aromatic rings. The zero-order valence-electron chi connectivity index (χ0n) is 12.8. The second-order valence-electron chi connectivity index (χ2n) is 6.63. The van der Waals surface area contributed by atoms with E-state index >= 15 is 0 Å². The molecule has 4 heteroatoms. The number of ether oxygens (including phenoxy) is 2. The van der Waals surface area contributed by atoms with Crippen LogP contribution in [0.4, 0.5) is 0 Å². The van der Waals surface area contributed by atoms with Crippen molar-refractivity contribution in [2.24, 2.45) is 5.92 Å². The fourth-order valence-corrected chi connectivity index (χ4v) is 3.47. The zero-order chi connectivity index (χ0) is 14.0. The SMILES string of the molecule is CC(C)CC(C)N(C)C1CC2(CCC1O)OCCO2. The quantitative estimate of drug-likeness (QED) is 0.849. The number of rotatable bonds is 4. The molecule has 1 saturated heterocycles. The second-order valence-corrected chi connectivity index (χ2v) is 6.63. The first-order chi connectivity index (χ1) is 8.93. The Kier molecular flexibility index (Phi) is 4.88. The number of hydrogen-bond donors (Lipinski definition) is 1. The Morgan fingerprint density at radius 3 is 2.47 bits per heavy atom. The molecule has 3 atom stereocenters. The summed E-state index contributed by atoms with van der Waals surface area (Å²) in [5, 5.41) is 10.3. The van der Waals surface area contributed by atoms with Crippen LogP contribution in [0.25, 0.3) is 0 Å². The van der Waals surface area contributed by atoms with Gasteiger partial charge in [-0.1, -0.05) is 13.8 Å². The average Bonchev–Trinajstić information content (AvgIpc) is 2.79. The van der Waals surface area contributed by atoms with Crippen molar-refractivity contribution >= 4 is 0 Å². The summed E-state index contributed by atoms with van der Waals surface area (Å²) < 4.78 is 11.6. The summed E-state index contributed by atoms with van der Waals surface area (Å²) in [6.45, 7) is 8.10. The van der Waals surface area contributed by atoms with E-state index in [4.69, 9.17) is 9.47 Å². The van der Waals surface area contributed by atoms with Gasteiger partial charge in [-0.05, 0) is 32.7 Å². The molecule has 1 saturated carbocycles. The van der Waals surface area contributed by atoms with Gasteiger partial charge in [-0.3, -0.25) is 4.90 Å². The number of likely N-dealkylation sites (N-methyl/N-ethyl adjacent to an activating group) is 1. The lowest BCUT2D eigenvalue weighted by molar-refractivity contribution is -0.205. The van der Waals surface area contributed by atoms with Crippen molar-refractivity contribution in [1.29, 1.82) is 0 Å². The van der Waals surface area contributed by atoms with Gasteiger partial charge in [-0.25, -0.2) is 0 Å². The van der Waals surface area contributed by atoms with E-state index in [2.05, 4.69) is 32.7 Å². The van der Waals surface area contributed by atoms with E-state index in [1.54, 1.807) is 0 Å². The molecule has 2 rings (SSSR count). The normalized spacial score (nSPS) is 32.4. The average molecular weight is 271 g/mol. The molecule has 0 bridgehead atoms. The molecule has 2 aliphatic rings. The second kappa shape index (κ2) is 6.08. The molecule has 1 aliphatic carbocycles. The Hall–Kier alpha value is -0.160. The van der Waals surface area contributed by atoms with Gasteiger partial charge in [0.15, 0.2) is 5.79 Å². The van der Waals surface area contributed by atoms with Crippen molar-refractivity contribution in [2.45, 2.75) is 70.4 Å². The van der Waals surface area contributed by atoms with Crippen LogP contribution in [0.3, 0.4) is 0 Å². The Bertz CT molecular complexity index is 289. The van der Waals surface area contributed by atoms with Crippen LogP contribution in [0.1, 0.15) is 46.5 Å². The van der Waals surface area contributed by atoms with Gasteiger partial charge >= 0.3 is 0 Å². The van der Waals surface area contributed by atoms with E-state index in [-0.39, 0.29) is 12.1 Å². The largest absolute Gasteiger partial charge is 0.391 e. The van der Waals surface area contributed by atoms with Crippen molar-refractivity contribution in [3.63, 3.8) is 0 Å². The number of nitrogens with zero attached hydrogens (tertiary/aromatic N) is 1. The highest BCUT2D eigenvalue weighted by atomic mass is 16.7. The molecule has 2 fully saturated rings. The molecule has 1 heterocycles. The van der Waals surface area contributed by atoms with Crippen LogP contribution in [0.2, 0.25) is 0 Å². The lowest BCUT2D eigenvalue weighted by Crippen LogP contribution is -2.54. The van der Waals surface area contributed by atoms with Gasteiger partial charge in [0.1, 0.15) is 0 Å². The summed E-state index contributed by atoms with van der Waals surface area (Å²) in [4.78, 5) is 2.32. The van der Waals surface area contributed by atoms with Crippen LogP contribution in [0.5, 0.6) is 0 Å². The lowest BCUT2D eigenvalue weighted by atomic mass is 9.85. The Labute approximate surface area is 117 Å². The van der Waals surface area contributed by atoms with Gasteiger partial charge in [0, 0.05) is 24.9 Å². The molecule has 1 N–H and O–H groups in total. The standard InChI is InChI=1S/C15H29NO3/c1-11(2)9-12(3)16(4)13-10-15(6-5-14(13)17)18-7-8-19-15/h11-14,17H,5-10H2,1-4H3. The maximum atomic E-state index is 10.3. The third-order valence-electron chi connectivity index (χ3n) is 4.63. The maximum absolute atomic E-state index is 10.3. The minimum atomic E-state index is -0.421. The van der Waals surface area contributed by atoms with Crippen LogP contribution < -0.4 is 0 Å².